The molecule has 4 rings (SSSR count). The largest absolute Gasteiger partial charge is 0.455 e. The SMILES string of the molecule is CC(=O)N=C1S[C@@H]2CS(=O)(=O)C[C@@H]2N1c1cc(Cl)ccc1Oc1cccc(C)c1. The van der Waals surface area contributed by atoms with Crippen molar-refractivity contribution in [3.63, 3.8) is 0 Å². The van der Waals surface area contributed by atoms with E-state index in [2.05, 4.69) is 4.99 Å². The predicted molar refractivity (Wildman–Crippen MR) is 117 cm³/mol. The number of nitrogens with zero attached hydrogens (tertiary/aromatic N) is 2. The fourth-order valence-corrected chi connectivity index (χ4v) is 7.67. The molecule has 2 aliphatic heterocycles. The van der Waals surface area contributed by atoms with Gasteiger partial charge in [0.25, 0.3) is 0 Å². The Labute approximate surface area is 178 Å². The highest BCUT2D eigenvalue weighted by Crippen LogP contribution is 2.45. The zero-order valence-electron chi connectivity index (χ0n) is 15.8. The van der Waals surface area contributed by atoms with E-state index in [1.165, 1.54) is 18.7 Å². The minimum absolute atomic E-state index is 0.00199. The number of aryl methyl sites for hydroxylation is 1. The summed E-state index contributed by atoms with van der Waals surface area (Å²) in [7, 11) is -3.16. The van der Waals surface area contributed by atoms with Gasteiger partial charge in [-0.25, -0.2) is 8.42 Å². The lowest BCUT2D eigenvalue weighted by molar-refractivity contribution is -0.115. The van der Waals surface area contributed by atoms with Gasteiger partial charge in [0, 0.05) is 17.2 Å². The summed E-state index contributed by atoms with van der Waals surface area (Å²) in [6.07, 6.45) is 0. The van der Waals surface area contributed by atoms with E-state index >= 15 is 0 Å². The first-order valence-corrected chi connectivity index (χ1v) is 12.1. The third-order valence-electron chi connectivity index (χ3n) is 4.72. The third-order valence-corrected chi connectivity index (χ3v) is 8.16. The van der Waals surface area contributed by atoms with E-state index in [9.17, 15) is 13.2 Å². The summed E-state index contributed by atoms with van der Waals surface area (Å²) < 4.78 is 30.6. The normalized spacial score (nSPS) is 24.0. The Morgan fingerprint density at radius 1 is 1.24 bits per heavy atom. The smallest absolute Gasteiger partial charge is 0.244 e. The molecule has 0 spiro atoms. The molecule has 2 aromatic carbocycles. The molecule has 0 saturated carbocycles. The maximum absolute atomic E-state index is 12.2. The Balaban J connectivity index is 1.80. The number of hydrogen-bond donors (Lipinski definition) is 0. The first kappa shape index (κ1) is 20.3. The van der Waals surface area contributed by atoms with Crippen molar-refractivity contribution in [2.45, 2.75) is 25.1 Å². The van der Waals surface area contributed by atoms with Gasteiger partial charge in [-0.15, -0.1) is 0 Å². The summed E-state index contributed by atoms with van der Waals surface area (Å²) in [5.74, 6) is 0.883. The monoisotopic (exact) mass is 450 g/mol. The van der Waals surface area contributed by atoms with Gasteiger partial charge < -0.3 is 9.64 Å². The van der Waals surface area contributed by atoms with E-state index in [1.807, 2.05) is 31.2 Å². The van der Waals surface area contributed by atoms with Crippen LogP contribution in [0.4, 0.5) is 5.69 Å². The molecule has 0 aromatic heterocycles. The van der Waals surface area contributed by atoms with Crippen LogP contribution in [0.1, 0.15) is 12.5 Å². The summed E-state index contributed by atoms with van der Waals surface area (Å²) in [6, 6.07) is 12.5. The number of amidine groups is 1. The van der Waals surface area contributed by atoms with Gasteiger partial charge in [-0.1, -0.05) is 35.5 Å². The van der Waals surface area contributed by atoms with E-state index in [1.54, 1.807) is 23.1 Å². The Morgan fingerprint density at radius 2 is 2.03 bits per heavy atom. The molecule has 2 aliphatic rings. The third kappa shape index (κ3) is 4.29. The second kappa shape index (κ2) is 7.66. The van der Waals surface area contributed by atoms with Gasteiger partial charge in [-0.05, 0) is 42.8 Å². The van der Waals surface area contributed by atoms with Crippen molar-refractivity contribution in [2.24, 2.45) is 4.99 Å². The van der Waals surface area contributed by atoms with Gasteiger partial charge >= 0.3 is 0 Å². The van der Waals surface area contributed by atoms with Crippen molar-refractivity contribution in [3.05, 3.63) is 53.1 Å². The summed E-state index contributed by atoms with van der Waals surface area (Å²) in [5, 5.41) is 0.760. The number of carbonyl (C=O) groups is 1. The second-order valence-electron chi connectivity index (χ2n) is 7.11. The van der Waals surface area contributed by atoms with Crippen molar-refractivity contribution in [1.29, 1.82) is 0 Å². The first-order chi connectivity index (χ1) is 13.7. The molecular weight excluding hydrogens is 432 g/mol. The average Bonchev–Trinajstić information content (AvgIpc) is 3.07. The highest BCUT2D eigenvalue weighted by atomic mass is 35.5. The first-order valence-electron chi connectivity index (χ1n) is 9.01. The highest BCUT2D eigenvalue weighted by molar-refractivity contribution is 8.16. The molecule has 29 heavy (non-hydrogen) atoms. The van der Waals surface area contributed by atoms with Crippen LogP contribution in [-0.2, 0) is 14.6 Å². The number of rotatable bonds is 3. The van der Waals surface area contributed by atoms with Crippen molar-refractivity contribution in [1.82, 2.24) is 0 Å². The molecule has 2 atom stereocenters. The van der Waals surface area contributed by atoms with E-state index in [4.69, 9.17) is 16.3 Å². The molecule has 0 N–H and O–H groups in total. The van der Waals surface area contributed by atoms with Gasteiger partial charge in [-0.2, -0.15) is 4.99 Å². The number of hydrogen-bond acceptors (Lipinski definition) is 5. The van der Waals surface area contributed by atoms with Crippen LogP contribution < -0.4 is 9.64 Å². The molecule has 0 aliphatic carbocycles. The van der Waals surface area contributed by atoms with Crippen LogP contribution in [0.2, 0.25) is 5.02 Å². The predicted octanol–water partition coefficient (Wildman–Crippen LogP) is 4.06. The van der Waals surface area contributed by atoms with Gasteiger partial charge in [-0.3, -0.25) is 4.79 Å². The van der Waals surface area contributed by atoms with Crippen LogP contribution in [0.15, 0.2) is 47.5 Å². The van der Waals surface area contributed by atoms with E-state index in [0.717, 1.165) is 5.56 Å². The number of thioether (sulfide) groups is 1. The molecule has 152 valence electrons. The maximum Gasteiger partial charge on any atom is 0.244 e. The molecule has 2 saturated heterocycles. The van der Waals surface area contributed by atoms with Crippen molar-refractivity contribution < 1.29 is 17.9 Å². The number of aliphatic imine (C=N–C) groups is 1. The van der Waals surface area contributed by atoms with Crippen molar-refractivity contribution in [3.8, 4) is 11.5 Å². The van der Waals surface area contributed by atoms with Crippen LogP contribution in [0, 0.1) is 6.92 Å². The quantitative estimate of drug-likeness (QED) is 0.701. The Bertz CT molecular complexity index is 1120. The van der Waals surface area contributed by atoms with Crippen LogP contribution in [0.3, 0.4) is 0 Å². The Morgan fingerprint density at radius 3 is 2.76 bits per heavy atom. The van der Waals surface area contributed by atoms with Gasteiger partial charge in [0.15, 0.2) is 20.8 Å². The molecule has 0 bridgehead atoms. The van der Waals surface area contributed by atoms with Crippen LogP contribution in [0.5, 0.6) is 11.5 Å². The number of carbonyl (C=O) groups excluding carboxylic acids is 1. The average molecular weight is 451 g/mol. The fraction of sp³-hybridized carbons (Fsp3) is 0.300. The Kier molecular flexibility index (Phi) is 5.35. The summed E-state index contributed by atoms with van der Waals surface area (Å²) in [5.41, 5.74) is 1.65. The lowest BCUT2D eigenvalue weighted by Crippen LogP contribution is -2.37. The fourth-order valence-electron chi connectivity index (χ4n) is 3.55. The molecule has 6 nitrogen and oxygen atoms in total. The van der Waals surface area contributed by atoms with Gasteiger partial charge in [0.2, 0.25) is 5.91 Å². The summed E-state index contributed by atoms with van der Waals surface area (Å²) in [6.45, 7) is 3.34. The zero-order chi connectivity index (χ0) is 20.8. The minimum atomic E-state index is -3.16. The van der Waals surface area contributed by atoms with Crippen molar-refractivity contribution >= 4 is 50.0 Å². The second-order valence-corrected chi connectivity index (χ2v) is 10.9. The number of anilines is 1. The van der Waals surface area contributed by atoms with E-state index < -0.39 is 9.84 Å². The summed E-state index contributed by atoms with van der Waals surface area (Å²) in [4.78, 5) is 17.6. The summed E-state index contributed by atoms with van der Waals surface area (Å²) >= 11 is 7.58. The number of halogens is 1. The van der Waals surface area contributed by atoms with Crippen LogP contribution in [-0.4, -0.2) is 42.3 Å². The molecule has 2 aromatic rings. The molecule has 2 fully saturated rings. The molecule has 2 heterocycles. The van der Waals surface area contributed by atoms with Crippen LogP contribution >= 0.6 is 23.4 Å². The number of amides is 1. The standard InChI is InChI=1S/C20H19ClN2O4S2/c1-12-4-3-5-15(8-12)27-18-7-6-14(21)9-16(18)23-17-10-29(25,26)11-19(17)28-20(23)22-13(2)24/h3-9,17,19H,10-11H2,1-2H3/t17-,19+/m0/s1. The number of benzene rings is 2. The lowest BCUT2D eigenvalue weighted by Gasteiger charge is -2.26. The molecule has 9 heteroatoms. The van der Waals surface area contributed by atoms with Gasteiger partial charge in [0.1, 0.15) is 5.75 Å². The maximum atomic E-state index is 12.2. The minimum Gasteiger partial charge on any atom is -0.455 e. The molecule has 1 amide bonds. The molecule has 0 unspecified atom stereocenters. The molecular formula is C20H19ClN2O4S2. The zero-order valence-corrected chi connectivity index (χ0v) is 18.2. The Hall–Kier alpha value is -2.03. The van der Waals surface area contributed by atoms with E-state index in [0.29, 0.717) is 27.4 Å². The molecule has 0 radical (unpaired) electrons. The topological polar surface area (TPSA) is 76.0 Å². The number of fused-ring (bicyclic) bond motifs is 1. The lowest BCUT2D eigenvalue weighted by atomic mass is 10.2. The van der Waals surface area contributed by atoms with Crippen LogP contribution in [0.25, 0.3) is 0 Å². The number of ether oxygens (including phenoxy) is 1. The van der Waals surface area contributed by atoms with E-state index in [-0.39, 0.29) is 28.7 Å². The number of sulfone groups is 1. The highest BCUT2D eigenvalue weighted by Gasteiger charge is 2.50. The van der Waals surface area contributed by atoms with Crippen molar-refractivity contribution in [2.75, 3.05) is 16.4 Å². The van der Waals surface area contributed by atoms with Gasteiger partial charge in [0.05, 0.1) is 23.2 Å².